The fraction of sp³-hybridized carbons (Fsp3) is 0.458. The van der Waals surface area contributed by atoms with Crippen LogP contribution in [0.2, 0.25) is 0 Å². The summed E-state index contributed by atoms with van der Waals surface area (Å²) >= 11 is 0. The van der Waals surface area contributed by atoms with E-state index in [0.29, 0.717) is 13.2 Å². The maximum absolute atomic E-state index is 12.8. The van der Waals surface area contributed by atoms with Gasteiger partial charge in [0, 0.05) is 49.0 Å². The van der Waals surface area contributed by atoms with Crippen LogP contribution in [0.5, 0.6) is 0 Å². The van der Waals surface area contributed by atoms with Gasteiger partial charge >= 0.3 is 0 Å². The smallest absolute Gasteiger partial charge is 0.193 e. The Kier molecular flexibility index (Phi) is 5.37. The highest BCUT2D eigenvalue weighted by Crippen LogP contribution is 2.33. The van der Waals surface area contributed by atoms with Crippen molar-refractivity contribution in [1.29, 1.82) is 0 Å². The number of nitrogens with zero attached hydrogens (tertiary/aromatic N) is 1. The molecule has 0 saturated carbocycles. The molecule has 28 heavy (non-hydrogen) atoms. The lowest BCUT2D eigenvalue weighted by molar-refractivity contribution is -0.185. The molecule has 2 heterocycles. The first-order valence-corrected chi connectivity index (χ1v) is 10.2. The van der Waals surface area contributed by atoms with Crippen molar-refractivity contribution < 1.29 is 14.3 Å². The normalized spacial score (nSPS) is 19.8. The highest BCUT2D eigenvalue weighted by atomic mass is 16.7. The third-order valence-electron chi connectivity index (χ3n) is 5.99. The summed E-state index contributed by atoms with van der Waals surface area (Å²) in [5.74, 6) is -0.253. The second-order valence-corrected chi connectivity index (χ2v) is 8.54. The molecule has 0 aliphatic carbocycles. The van der Waals surface area contributed by atoms with Gasteiger partial charge in [-0.2, -0.15) is 0 Å². The molecule has 148 valence electrons. The highest BCUT2D eigenvalue weighted by molar-refractivity contribution is 6.09. The first kappa shape index (κ1) is 19.3. The molecule has 4 nitrogen and oxygen atoms in total. The molecule has 2 saturated heterocycles. The minimum atomic E-state index is -0.331. The molecule has 0 radical (unpaired) electrons. The Bertz CT molecular complexity index is 815. The van der Waals surface area contributed by atoms with Crippen molar-refractivity contribution in [2.45, 2.75) is 37.9 Å². The summed E-state index contributed by atoms with van der Waals surface area (Å²) in [7, 11) is 0. The zero-order valence-corrected chi connectivity index (χ0v) is 16.8. The predicted octanol–water partition coefficient (Wildman–Crippen LogP) is 4.03. The summed E-state index contributed by atoms with van der Waals surface area (Å²) in [4.78, 5) is 15.3. The van der Waals surface area contributed by atoms with Crippen LogP contribution in [-0.4, -0.2) is 49.3 Å². The largest absolute Gasteiger partial charge is 0.347 e. The van der Waals surface area contributed by atoms with E-state index in [9.17, 15) is 4.79 Å². The van der Waals surface area contributed by atoms with Crippen molar-refractivity contribution >= 4 is 5.78 Å². The van der Waals surface area contributed by atoms with Crippen molar-refractivity contribution in [1.82, 2.24) is 4.90 Å². The topological polar surface area (TPSA) is 38.8 Å². The lowest BCUT2D eigenvalue weighted by atomic mass is 9.82. The van der Waals surface area contributed by atoms with E-state index in [-0.39, 0.29) is 17.0 Å². The van der Waals surface area contributed by atoms with Gasteiger partial charge < -0.3 is 14.4 Å². The van der Waals surface area contributed by atoms with E-state index >= 15 is 0 Å². The molecular formula is C24H29NO3. The Morgan fingerprint density at radius 1 is 0.964 bits per heavy atom. The number of benzene rings is 2. The van der Waals surface area contributed by atoms with Crippen LogP contribution >= 0.6 is 0 Å². The van der Waals surface area contributed by atoms with Gasteiger partial charge in [0.25, 0.3) is 0 Å². The van der Waals surface area contributed by atoms with Crippen LogP contribution in [0, 0.1) is 0 Å². The monoisotopic (exact) mass is 379 g/mol. The second kappa shape index (κ2) is 7.78. The summed E-state index contributed by atoms with van der Waals surface area (Å²) < 4.78 is 11.7. The van der Waals surface area contributed by atoms with Crippen molar-refractivity contribution in [2.75, 3.05) is 32.8 Å². The molecule has 2 fully saturated rings. The van der Waals surface area contributed by atoms with Gasteiger partial charge in [-0.15, -0.1) is 0 Å². The average Bonchev–Trinajstić information content (AvgIpc) is 3.18. The van der Waals surface area contributed by atoms with Gasteiger partial charge in [0.15, 0.2) is 11.6 Å². The quantitative estimate of drug-likeness (QED) is 0.735. The average molecular weight is 380 g/mol. The molecule has 2 aliphatic rings. The molecule has 0 aromatic heterocycles. The first-order valence-electron chi connectivity index (χ1n) is 10.2. The molecule has 0 N–H and O–H groups in total. The van der Waals surface area contributed by atoms with E-state index < -0.39 is 0 Å². The number of carbonyl (C=O) groups excluding carboxylic acids is 1. The van der Waals surface area contributed by atoms with Crippen LogP contribution in [0.3, 0.4) is 0 Å². The van der Waals surface area contributed by atoms with Crippen molar-refractivity contribution in [3.05, 3.63) is 71.3 Å². The number of rotatable bonds is 5. The molecule has 0 atom stereocenters. The Morgan fingerprint density at radius 2 is 1.61 bits per heavy atom. The molecule has 1 spiro atoms. The van der Waals surface area contributed by atoms with Gasteiger partial charge in [-0.3, -0.25) is 4.79 Å². The minimum Gasteiger partial charge on any atom is -0.347 e. The summed E-state index contributed by atoms with van der Waals surface area (Å²) in [5.41, 5.74) is 2.63. The van der Waals surface area contributed by atoms with Crippen LogP contribution in [0.4, 0.5) is 0 Å². The Labute approximate surface area is 167 Å². The standard InChI is InChI=1S/C24H29NO3/c1-23(2,18-25-13-11-24(12-14-25)27-15-16-28-24)21-10-6-9-20(17-21)22(26)19-7-4-3-5-8-19/h3-10,17H,11-16,18H2,1-2H3. The molecule has 2 aromatic rings. The molecule has 0 amide bonds. The number of ether oxygens (including phenoxy) is 2. The molecular weight excluding hydrogens is 350 g/mol. The van der Waals surface area contributed by atoms with Crippen LogP contribution < -0.4 is 0 Å². The van der Waals surface area contributed by atoms with Gasteiger partial charge in [-0.25, -0.2) is 0 Å². The van der Waals surface area contributed by atoms with Gasteiger partial charge in [0.05, 0.1) is 13.2 Å². The van der Waals surface area contributed by atoms with E-state index in [0.717, 1.165) is 43.6 Å². The van der Waals surface area contributed by atoms with Crippen LogP contribution in [0.15, 0.2) is 54.6 Å². The fourth-order valence-corrected chi connectivity index (χ4v) is 4.33. The lowest BCUT2D eigenvalue weighted by Gasteiger charge is -2.41. The minimum absolute atomic E-state index is 0.0468. The molecule has 4 heteroatoms. The van der Waals surface area contributed by atoms with Crippen LogP contribution in [0.25, 0.3) is 0 Å². The molecule has 0 bridgehead atoms. The summed E-state index contributed by atoms with van der Waals surface area (Å²) in [6.45, 7) is 8.85. The maximum atomic E-state index is 12.8. The van der Waals surface area contributed by atoms with Crippen molar-refractivity contribution in [3.8, 4) is 0 Å². The Balaban J connectivity index is 1.45. The Morgan fingerprint density at radius 3 is 2.29 bits per heavy atom. The van der Waals surface area contributed by atoms with Crippen molar-refractivity contribution in [3.63, 3.8) is 0 Å². The summed E-state index contributed by atoms with van der Waals surface area (Å²) in [6, 6.07) is 17.6. The Hall–Kier alpha value is -2.01. The number of ketones is 1. The van der Waals surface area contributed by atoms with Gasteiger partial charge in [0.2, 0.25) is 0 Å². The molecule has 2 aliphatic heterocycles. The van der Waals surface area contributed by atoms with E-state index in [1.54, 1.807) is 0 Å². The third kappa shape index (κ3) is 4.04. The SMILES string of the molecule is CC(C)(CN1CCC2(CC1)OCCO2)c1cccc(C(=O)c2ccccc2)c1. The van der Waals surface area contributed by atoms with Gasteiger partial charge in [-0.1, -0.05) is 62.4 Å². The zero-order chi connectivity index (χ0) is 19.6. The second-order valence-electron chi connectivity index (χ2n) is 8.54. The van der Waals surface area contributed by atoms with E-state index in [2.05, 4.69) is 30.9 Å². The zero-order valence-electron chi connectivity index (χ0n) is 16.8. The number of likely N-dealkylation sites (tertiary alicyclic amines) is 1. The number of hydrogen-bond donors (Lipinski definition) is 0. The lowest BCUT2D eigenvalue weighted by Crippen LogP contribution is -2.48. The third-order valence-corrected chi connectivity index (χ3v) is 5.99. The van der Waals surface area contributed by atoms with E-state index in [1.807, 2.05) is 42.5 Å². The van der Waals surface area contributed by atoms with E-state index in [4.69, 9.17) is 9.47 Å². The van der Waals surface area contributed by atoms with Gasteiger partial charge in [0.1, 0.15) is 0 Å². The first-order chi connectivity index (χ1) is 13.5. The number of hydrogen-bond acceptors (Lipinski definition) is 4. The fourth-order valence-electron chi connectivity index (χ4n) is 4.33. The van der Waals surface area contributed by atoms with Crippen LogP contribution in [0.1, 0.15) is 48.2 Å². The number of piperidine rings is 1. The maximum Gasteiger partial charge on any atom is 0.193 e. The molecule has 0 unspecified atom stereocenters. The summed E-state index contributed by atoms with van der Waals surface area (Å²) in [5, 5.41) is 0. The van der Waals surface area contributed by atoms with Crippen molar-refractivity contribution in [2.24, 2.45) is 0 Å². The molecule has 2 aromatic carbocycles. The highest BCUT2D eigenvalue weighted by Gasteiger charge is 2.40. The summed E-state index contributed by atoms with van der Waals surface area (Å²) in [6.07, 6.45) is 1.85. The van der Waals surface area contributed by atoms with Crippen LogP contribution in [-0.2, 0) is 14.9 Å². The van der Waals surface area contributed by atoms with E-state index in [1.165, 1.54) is 5.56 Å². The number of carbonyl (C=O) groups is 1. The van der Waals surface area contributed by atoms with Gasteiger partial charge in [-0.05, 0) is 11.6 Å². The molecule has 4 rings (SSSR count). The predicted molar refractivity (Wildman–Crippen MR) is 110 cm³/mol.